The number of benzene rings is 2. The first kappa shape index (κ1) is 15.7. The highest BCUT2D eigenvalue weighted by molar-refractivity contribution is 5.63. The second-order valence-corrected chi connectivity index (χ2v) is 4.79. The molecule has 3 heteroatoms. The Balaban J connectivity index is 2.14. The molecule has 2 rings (SSSR count). The molecular formula is C18H23NO2. The Morgan fingerprint density at radius 2 is 1.33 bits per heavy atom. The maximum Gasteiger partial charge on any atom is 0.176 e. The molecule has 112 valence electrons. The lowest BCUT2D eigenvalue weighted by molar-refractivity contribution is -0.149. The molecule has 0 aliphatic carbocycles. The van der Waals surface area contributed by atoms with Crippen molar-refractivity contribution >= 4 is 0 Å². The number of nitrogens with two attached hydrogens (primary N) is 1. The van der Waals surface area contributed by atoms with Crippen molar-refractivity contribution in [1.29, 1.82) is 0 Å². The minimum absolute atomic E-state index is 0.283. The standard InChI is InChI=1S/C18H23NO2/c1-3-20-18(21-4-2)17(19)16-12-10-15(11-13-16)14-8-6-5-7-9-14/h5-13,17-18H,3-4,19H2,1-2H3. The smallest absolute Gasteiger partial charge is 0.176 e. The van der Waals surface area contributed by atoms with Crippen LogP contribution in [0, 0.1) is 0 Å². The van der Waals surface area contributed by atoms with Crippen LogP contribution in [0.3, 0.4) is 0 Å². The van der Waals surface area contributed by atoms with Gasteiger partial charge >= 0.3 is 0 Å². The van der Waals surface area contributed by atoms with E-state index in [9.17, 15) is 0 Å². The highest BCUT2D eigenvalue weighted by Gasteiger charge is 2.19. The summed E-state index contributed by atoms with van der Waals surface area (Å²) in [6.07, 6.45) is -0.400. The van der Waals surface area contributed by atoms with Crippen LogP contribution in [0.4, 0.5) is 0 Å². The average Bonchev–Trinajstić information content (AvgIpc) is 2.55. The quantitative estimate of drug-likeness (QED) is 0.788. The van der Waals surface area contributed by atoms with Gasteiger partial charge in [-0.1, -0.05) is 54.6 Å². The van der Waals surface area contributed by atoms with Gasteiger partial charge in [0.2, 0.25) is 0 Å². The largest absolute Gasteiger partial charge is 0.351 e. The van der Waals surface area contributed by atoms with Gasteiger partial charge in [-0.3, -0.25) is 0 Å². The molecule has 0 saturated heterocycles. The molecule has 2 aromatic rings. The van der Waals surface area contributed by atoms with Gasteiger partial charge in [-0.05, 0) is 30.5 Å². The summed E-state index contributed by atoms with van der Waals surface area (Å²) in [4.78, 5) is 0. The summed E-state index contributed by atoms with van der Waals surface area (Å²) in [5.41, 5.74) is 9.64. The molecule has 0 aliphatic rings. The molecular weight excluding hydrogens is 262 g/mol. The van der Waals surface area contributed by atoms with E-state index in [0.29, 0.717) is 13.2 Å². The highest BCUT2D eigenvalue weighted by Crippen LogP contribution is 2.23. The number of hydrogen-bond donors (Lipinski definition) is 1. The molecule has 1 atom stereocenters. The van der Waals surface area contributed by atoms with E-state index >= 15 is 0 Å². The Morgan fingerprint density at radius 3 is 1.86 bits per heavy atom. The summed E-state index contributed by atoms with van der Waals surface area (Å²) in [5.74, 6) is 0. The third-order valence-electron chi connectivity index (χ3n) is 3.36. The monoisotopic (exact) mass is 285 g/mol. The van der Waals surface area contributed by atoms with E-state index < -0.39 is 6.29 Å². The van der Waals surface area contributed by atoms with Crippen LogP contribution >= 0.6 is 0 Å². The van der Waals surface area contributed by atoms with E-state index in [4.69, 9.17) is 15.2 Å². The predicted octanol–water partition coefficient (Wildman–Crippen LogP) is 3.75. The fourth-order valence-corrected chi connectivity index (χ4v) is 2.27. The molecule has 0 amide bonds. The van der Waals surface area contributed by atoms with Crippen LogP contribution in [0.5, 0.6) is 0 Å². The van der Waals surface area contributed by atoms with Gasteiger partial charge in [-0.25, -0.2) is 0 Å². The fourth-order valence-electron chi connectivity index (χ4n) is 2.27. The van der Waals surface area contributed by atoms with Gasteiger partial charge in [0.25, 0.3) is 0 Å². The van der Waals surface area contributed by atoms with Gasteiger partial charge in [0.1, 0.15) is 0 Å². The van der Waals surface area contributed by atoms with Gasteiger partial charge < -0.3 is 15.2 Å². The van der Waals surface area contributed by atoms with Crippen molar-refractivity contribution in [2.24, 2.45) is 5.73 Å². The molecule has 0 aliphatic heterocycles. The Kier molecular flexibility index (Phi) is 5.93. The molecule has 2 N–H and O–H groups in total. The lowest BCUT2D eigenvalue weighted by Gasteiger charge is -2.24. The number of hydrogen-bond acceptors (Lipinski definition) is 3. The normalized spacial score (nSPS) is 12.6. The average molecular weight is 285 g/mol. The summed E-state index contributed by atoms with van der Waals surface area (Å²) in [7, 11) is 0. The number of ether oxygens (including phenoxy) is 2. The molecule has 2 aromatic carbocycles. The SMILES string of the molecule is CCOC(OCC)C(N)c1ccc(-c2ccccc2)cc1. The van der Waals surface area contributed by atoms with E-state index in [2.05, 4.69) is 24.3 Å². The molecule has 0 radical (unpaired) electrons. The second kappa shape index (κ2) is 7.93. The summed E-state index contributed by atoms with van der Waals surface area (Å²) >= 11 is 0. The first-order chi connectivity index (χ1) is 10.3. The fraction of sp³-hybridized carbons (Fsp3) is 0.333. The molecule has 0 heterocycles. The lowest BCUT2D eigenvalue weighted by Crippen LogP contribution is -2.31. The van der Waals surface area contributed by atoms with Crippen LogP contribution in [0.2, 0.25) is 0 Å². The molecule has 21 heavy (non-hydrogen) atoms. The zero-order valence-corrected chi connectivity index (χ0v) is 12.7. The van der Waals surface area contributed by atoms with Crippen molar-refractivity contribution in [3.05, 3.63) is 60.2 Å². The molecule has 0 saturated carbocycles. The van der Waals surface area contributed by atoms with E-state index in [0.717, 1.165) is 5.56 Å². The van der Waals surface area contributed by atoms with E-state index in [-0.39, 0.29) is 6.04 Å². The molecule has 0 spiro atoms. The predicted molar refractivity (Wildman–Crippen MR) is 85.8 cm³/mol. The Hall–Kier alpha value is -1.68. The van der Waals surface area contributed by atoms with Gasteiger partial charge in [-0.2, -0.15) is 0 Å². The topological polar surface area (TPSA) is 44.5 Å². The maximum absolute atomic E-state index is 6.25. The van der Waals surface area contributed by atoms with Crippen LogP contribution in [-0.4, -0.2) is 19.5 Å². The highest BCUT2D eigenvalue weighted by atomic mass is 16.7. The summed E-state index contributed by atoms with van der Waals surface area (Å²) in [5, 5.41) is 0. The van der Waals surface area contributed by atoms with Crippen molar-refractivity contribution in [2.75, 3.05) is 13.2 Å². The molecule has 3 nitrogen and oxygen atoms in total. The zero-order valence-electron chi connectivity index (χ0n) is 12.7. The second-order valence-electron chi connectivity index (χ2n) is 4.79. The Bertz CT molecular complexity index is 519. The maximum atomic E-state index is 6.25. The summed E-state index contributed by atoms with van der Waals surface area (Å²) in [6, 6.07) is 18.2. The van der Waals surface area contributed by atoms with Crippen molar-refractivity contribution in [3.8, 4) is 11.1 Å². The van der Waals surface area contributed by atoms with E-state index in [1.54, 1.807) is 0 Å². The minimum Gasteiger partial charge on any atom is -0.351 e. The summed E-state index contributed by atoms with van der Waals surface area (Å²) in [6.45, 7) is 5.05. The van der Waals surface area contributed by atoms with Crippen LogP contribution in [0.1, 0.15) is 25.5 Å². The number of rotatable bonds is 7. The molecule has 0 aromatic heterocycles. The Morgan fingerprint density at radius 1 is 0.810 bits per heavy atom. The zero-order chi connectivity index (χ0) is 15.1. The minimum atomic E-state index is -0.400. The van der Waals surface area contributed by atoms with Crippen molar-refractivity contribution in [2.45, 2.75) is 26.2 Å². The van der Waals surface area contributed by atoms with Crippen LogP contribution in [0.25, 0.3) is 11.1 Å². The van der Waals surface area contributed by atoms with Crippen LogP contribution in [0.15, 0.2) is 54.6 Å². The third kappa shape index (κ3) is 4.14. The van der Waals surface area contributed by atoms with Gasteiger partial charge in [0.05, 0.1) is 6.04 Å². The van der Waals surface area contributed by atoms with Gasteiger partial charge in [-0.15, -0.1) is 0 Å². The van der Waals surface area contributed by atoms with Crippen molar-refractivity contribution in [3.63, 3.8) is 0 Å². The third-order valence-corrected chi connectivity index (χ3v) is 3.36. The van der Waals surface area contributed by atoms with Gasteiger partial charge in [0.15, 0.2) is 6.29 Å². The molecule has 0 bridgehead atoms. The lowest BCUT2D eigenvalue weighted by atomic mass is 10.0. The Labute approximate surface area is 126 Å². The molecule has 0 fully saturated rings. The van der Waals surface area contributed by atoms with Crippen LogP contribution < -0.4 is 5.73 Å². The van der Waals surface area contributed by atoms with Crippen molar-refractivity contribution < 1.29 is 9.47 Å². The first-order valence-electron chi connectivity index (χ1n) is 7.40. The van der Waals surface area contributed by atoms with E-state index in [1.807, 2.05) is 44.2 Å². The van der Waals surface area contributed by atoms with Gasteiger partial charge in [0, 0.05) is 13.2 Å². The first-order valence-corrected chi connectivity index (χ1v) is 7.40. The van der Waals surface area contributed by atoms with Crippen molar-refractivity contribution in [1.82, 2.24) is 0 Å². The van der Waals surface area contributed by atoms with Crippen LogP contribution in [-0.2, 0) is 9.47 Å². The molecule has 1 unspecified atom stereocenters. The van der Waals surface area contributed by atoms with E-state index in [1.165, 1.54) is 11.1 Å². The summed E-state index contributed by atoms with van der Waals surface area (Å²) < 4.78 is 11.1.